The predicted molar refractivity (Wildman–Crippen MR) is 79.9 cm³/mol. The summed E-state index contributed by atoms with van der Waals surface area (Å²) in [5.41, 5.74) is 0.739. The molecule has 0 spiro atoms. The second-order valence-electron chi connectivity index (χ2n) is 5.52. The highest BCUT2D eigenvalue weighted by molar-refractivity contribution is 7.89. The number of rotatable bonds is 7. The lowest BCUT2D eigenvalue weighted by Gasteiger charge is -2.22. The van der Waals surface area contributed by atoms with Gasteiger partial charge in [0, 0.05) is 17.8 Å². The van der Waals surface area contributed by atoms with Crippen LogP contribution in [0.25, 0.3) is 0 Å². The summed E-state index contributed by atoms with van der Waals surface area (Å²) in [6.07, 6.45) is 1.95. The topological polar surface area (TPSA) is 86.7 Å². The summed E-state index contributed by atoms with van der Waals surface area (Å²) in [5, 5.41) is 8.96. The van der Waals surface area contributed by atoms with Gasteiger partial charge in [-0.1, -0.05) is 0 Å². The van der Waals surface area contributed by atoms with Crippen LogP contribution in [0, 0.1) is 0 Å². The summed E-state index contributed by atoms with van der Waals surface area (Å²) in [6, 6.07) is 6.42. The third-order valence-electron chi connectivity index (χ3n) is 3.16. The third kappa shape index (κ3) is 4.18. The quantitative estimate of drug-likeness (QED) is 0.795. The molecular weight excluding hydrogens is 292 g/mol. The SMILES string of the molecule is CC(C)NS(=O)(=O)c1ccc(N(CC(=O)O)C2CC2)cc1. The molecule has 7 heteroatoms. The van der Waals surface area contributed by atoms with Crippen LogP contribution in [0.15, 0.2) is 29.2 Å². The number of carboxylic acid groups (broad SMARTS) is 1. The molecule has 0 radical (unpaired) electrons. The van der Waals surface area contributed by atoms with Crippen molar-refractivity contribution < 1.29 is 18.3 Å². The van der Waals surface area contributed by atoms with Crippen LogP contribution in [0.1, 0.15) is 26.7 Å². The first-order valence-electron chi connectivity index (χ1n) is 6.90. The molecule has 6 nitrogen and oxygen atoms in total. The van der Waals surface area contributed by atoms with E-state index in [0.29, 0.717) is 0 Å². The van der Waals surface area contributed by atoms with Gasteiger partial charge >= 0.3 is 5.97 Å². The smallest absolute Gasteiger partial charge is 0.323 e. The first-order chi connectivity index (χ1) is 9.79. The molecule has 116 valence electrons. The Kier molecular flexibility index (Phi) is 4.53. The molecule has 0 aliphatic heterocycles. The maximum Gasteiger partial charge on any atom is 0.323 e. The van der Waals surface area contributed by atoms with Crippen LogP contribution in [0.3, 0.4) is 0 Å². The lowest BCUT2D eigenvalue weighted by atomic mass is 10.3. The molecule has 0 aromatic heterocycles. The van der Waals surface area contributed by atoms with Crippen molar-refractivity contribution in [2.24, 2.45) is 0 Å². The van der Waals surface area contributed by atoms with Crippen LogP contribution in [0.2, 0.25) is 0 Å². The first-order valence-corrected chi connectivity index (χ1v) is 8.39. The number of carbonyl (C=O) groups is 1. The average molecular weight is 312 g/mol. The van der Waals surface area contributed by atoms with Gasteiger partial charge in [-0.15, -0.1) is 0 Å². The number of hydrogen-bond acceptors (Lipinski definition) is 4. The summed E-state index contributed by atoms with van der Waals surface area (Å²) in [5.74, 6) is -0.889. The van der Waals surface area contributed by atoms with Gasteiger partial charge in [-0.2, -0.15) is 0 Å². The third-order valence-corrected chi connectivity index (χ3v) is 4.84. The molecule has 2 N–H and O–H groups in total. The van der Waals surface area contributed by atoms with Crippen molar-refractivity contribution in [3.8, 4) is 0 Å². The second-order valence-corrected chi connectivity index (χ2v) is 7.24. The molecular formula is C14H20N2O4S. The number of aliphatic carboxylic acids is 1. The van der Waals surface area contributed by atoms with Gasteiger partial charge in [-0.25, -0.2) is 13.1 Å². The van der Waals surface area contributed by atoms with Gasteiger partial charge in [0.2, 0.25) is 10.0 Å². The molecule has 1 aromatic rings. The standard InChI is InChI=1S/C14H20N2O4S/c1-10(2)15-21(19,20)13-7-5-12(6-8-13)16(9-14(17)18)11-3-4-11/h5-8,10-11,15H,3-4,9H2,1-2H3,(H,17,18). The Balaban J connectivity index is 2.19. The van der Waals surface area contributed by atoms with Gasteiger partial charge in [0.05, 0.1) is 4.90 Å². The van der Waals surface area contributed by atoms with Crippen LogP contribution in [-0.4, -0.2) is 38.1 Å². The molecule has 0 amide bonds. The number of nitrogens with zero attached hydrogens (tertiary/aromatic N) is 1. The molecule has 0 heterocycles. The molecule has 0 bridgehead atoms. The molecule has 21 heavy (non-hydrogen) atoms. The average Bonchev–Trinajstić information content (AvgIpc) is 3.18. The van der Waals surface area contributed by atoms with Crippen LogP contribution < -0.4 is 9.62 Å². The van der Waals surface area contributed by atoms with Crippen molar-refractivity contribution in [2.45, 2.75) is 43.7 Å². The highest BCUT2D eigenvalue weighted by atomic mass is 32.2. The summed E-state index contributed by atoms with van der Waals surface area (Å²) in [4.78, 5) is 12.9. The molecule has 1 saturated carbocycles. The molecule has 2 rings (SSSR count). The van der Waals surface area contributed by atoms with Crippen molar-refractivity contribution in [3.63, 3.8) is 0 Å². The van der Waals surface area contributed by atoms with E-state index in [1.165, 1.54) is 12.1 Å². The second kappa shape index (κ2) is 6.03. The fourth-order valence-corrected chi connectivity index (χ4v) is 3.41. The summed E-state index contributed by atoms with van der Waals surface area (Å²) >= 11 is 0. The van der Waals surface area contributed by atoms with E-state index < -0.39 is 16.0 Å². The monoisotopic (exact) mass is 312 g/mol. The number of hydrogen-bond donors (Lipinski definition) is 2. The molecule has 0 unspecified atom stereocenters. The number of carboxylic acids is 1. The Morgan fingerprint density at radius 2 is 1.90 bits per heavy atom. The zero-order valence-electron chi connectivity index (χ0n) is 12.1. The van der Waals surface area contributed by atoms with Crippen molar-refractivity contribution in [1.29, 1.82) is 0 Å². The van der Waals surface area contributed by atoms with E-state index in [4.69, 9.17) is 5.11 Å². The number of benzene rings is 1. The van der Waals surface area contributed by atoms with Crippen LogP contribution in [-0.2, 0) is 14.8 Å². The van der Waals surface area contributed by atoms with E-state index >= 15 is 0 Å². The van der Waals surface area contributed by atoms with Gasteiger partial charge in [0.25, 0.3) is 0 Å². The lowest BCUT2D eigenvalue weighted by molar-refractivity contribution is -0.135. The molecule has 1 aliphatic rings. The number of anilines is 1. The van der Waals surface area contributed by atoms with Gasteiger partial charge in [0.15, 0.2) is 0 Å². The maximum atomic E-state index is 12.0. The normalized spacial score (nSPS) is 15.2. The summed E-state index contributed by atoms with van der Waals surface area (Å²) < 4.78 is 26.6. The predicted octanol–water partition coefficient (Wildman–Crippen LogP) is 1.43. The Hall–Kier alpha value is -1.60. The van der Waals surface area contributed by atoms with E-state index in [9.17, 15) is 13.2 Å². The molecule has 1 fully saturated rings. The summed E-state index contributed by atoms with van der Waals surface area (Å²) in [6.45, 7) is 3.45. The molecule has 1 aliphatic carbocycles. The summed E-state index contributed by atoms with van der Waals surface area (Å²) in [7, 11) is -3.51. The number of nitrogens with one attached hydrogen (secondary N) is 1. The molecule has 0 saturated heterocycles. The van der Waals surface area contributed by atoms with Gasteiger partial charge in [-0.05, 0) is 51.0 Å². The van der Waals surface area contributed by atoms with E-state index in [-0.39, 0.29) is 23.5 Å². The van der Waals surface area contributed by atoms with Gasteiger partial charge in [-0.3, -0.25) is 4.79 Å². The Bertz CT molecular complexity index is 606. The van der Waals surface area contributed by atoms with Crippen LogP contribution in [0.4, 0.5) is 5.69 Å². The van der Waals surface area contributed by atoms with Crippen molar-refractivity contribution >= 4 is 21.7 Å². The van der Waals surface area contributed by atoms with Crippen molar-refractivity contribution in [2.75, 3.05) is 11.4 Å². The zero-order valence-corrected chi connectivity index (χ0v) is 12.9. The maximum absolute atomic E-state index is 12.0. The molecule has 0 atom stereocenters. The van der Waals surface area contributed by atoms with Gasteiger partial charge in [0.1, 0.15) is 6.54 Å². The van der Waals surface area contributed by atoms with Crippen molar-refractivity contribution in [1.82, 2.24) is 4.72 Å². The Labute approximate surface area is 124 Å². The first kappa shape index (κ1) is 15.8. The van der Waals surface area contributed by atoms with Crippen molar-refractivity contribution in [3.05, 3.63) is 24.3 Å². The minimum Gasteiger partial charge on any atom is -0.480 e. The fourth-order valence-electron chi connectivity index (χ4n) is 2.16. The van der Waals surface area contributed by atoms with Crippen LogP contribution in [0.5, 0.6) is 0 Å². The highest BCUT2D eigenvalue weighted by Crippen LogP contribution is 2.31. The fraction of sp³-hybridized carbons (Fsp3) is 0.500. The minimum absolute atomic E-state index is 0.0684. The lowest BCUT2D eigenvalue weighted by Crippen LogP contribution is -2.32. The van der Waals surface area contributed by atoms with E-state index in [2.05, 4.69) is 4.72 Å². The highest BCUT2D eigenvalue weighted by Gasteiger charge is 2.30. The Morgan fingerprint density at radius 1 is 1.33 bits per heavy atom. The van der Waals surface area contributed by atoms with E-state index in [0.717, 1.165) is 18.5 Å². The largest absolute Gasteiger partial charge is 0.480 e. The van der Waals surface area contributed by atoms with Gasteiger partial charge < -0.3 is 10.0 Å². The molecule has 1 aromatic carbocycles. The Morgan fingerprint density at radius 3 is 2.33 bits per heavy atom. The van der Waals surface area contributed by atoms with Crippen LogP contribution >= 0.6 is 0 Å². The number of sulfonamides is 1. The van der Waals surface area contributed by atoms with E-state index in [1.807, 2.05) is 0 Å². The minimum atomic E-state index is -3.51. The van der Waals surface area contributed by atoms with E-state index in [1.54, 1.807) is 30.9 Å². The zero-order chi connectivity index (χ0) is 15.6.